The molecule has 3 rings (SSSR count). The first kappa shape index (κ1) is 21.2. The summed E-state index contributed by atoms with van der Waals surface area (Å²) in [7, 11) is 0. The minimum absolute atomic E-state index is 0.0271. The molecule has 0 N–H and O–H groups in total. The monoisotopic (exact) mass is 406 g/mol. The van der Waals surface area contributed by atoms with Gasteiger partial charge < -0.3 is 24.5 Å². The molecule has 10 heteroatoms. The summed E-state index contributed by atoms with van der Waals surface area (Å²) in [6.07, 6.45) is 6.24. The van der Waals surface area contributed by atoms with E-state index < -0.39 is 4.92 Å². The van der Waals surface area contributed by atoms with Gasteiger partial charge >= 0.3 is 5.82 Å². The highest BCUT2D eigenvalue weighted by atomic mass is 16.6. The Hall–Kier alpha value is -2.49. The zero-order valence-electron chi connectivity index (χ0n) is 17.1. The molecule has 2 aliphatic rings. The van der Waals surface area contributed by atoms with Gasteiger partial charge in [-0.1, -0.05) is 12.8 Å². The van der Waals surface area contributed by atoms with E-state index in [0.717, 1.165) is 25.9 Å². The highest BCUT2D eigenvalue weighted by Crippen LogP contribution is 2.13. The van der Waals surface area contributed by atoms with Crippen LogP contribution < -0.4 is 0 Å². The van der Waals surface area contributed by atoms with Gasteiger partial charge in [0.1, 0.15) is 6.20 Å². The molecule has 0 unspecified atom stereocenters. The second-order valence-corrected chi connectivity index (χ2v) is 7.80. The molecule has 0 saturated carbocycles. The summed E-state index contributed by atoms with van der Waals surface area (Å²) in [4.78, 5) is 45.1. The Morgan fingerprint density at radius 3 is 2.21 bits per heavy atom. The molecule has 2 aliphatic heterocycles. The second kappa shape index (κ2) is 9.82. The fourth-order valence-corrected chi connectivity index (χ4v) is 3.95. The Balaban J connectivity index is 1.41. The van der Waals surface area contributed by atoms with Gasteiger partial charge in [0.05, 0.1) is 6.54 Å². The maximum absolute atomic E-state index is 12.5. The predicted octanol–water partition coefficient (Wildman–Crippen LogP) is 1.04. The van der Waals surface area contributed by atoms with Crippen molar-refractivity contribution in [3.8, 4) is 0 Å². The molecule has 2 saturated heterocycles. The van der Waals surface area contributed by atoms with Gasteiger partial charge in [0, 0.05) is 59.2 Å². The number of likely N-dealkylation sites (tertiary alicyclic amines) is 1. The van der Waals surface area contributed by atoms with Crippen molar-refractivity contribution in [3.63, 3.8) is 0 Å². The number of hydrogen-bond donors (Lipinski definition) is 0. The minimum Gasteiger partial charge on any atom is -0.358 e. The Bertz CT molecular complexity index is 733. The van der Waals surface area contributed by atoms with Gasteiger partial charge in [-0.2, -0.15) is 0 Å². The highest BCUT2D eigenvalue weighted by Gasteiger charge is 2.25. The van der Waals surface area contributed by atoms with Crippen LogP contribution in [0.4, 0.5) is 5.82 Å². The molecule has 0 bridgehead atoms. The molecule has 0 spiro atoms. The van der Waals surface area contributed by atoms with Gasteiger partial charge in [0.25, 0.3) is 0 Å². The number of carbonyl (C=O) groups is 2. The third-order valence-corrected chi connectivity index (χ3v) is 5.76. The fraction of sp³-hybridized carbons (Fsp3) is 0.737. The first-order valence-corrected chi connectivity index (χ1v) is 10.4. The van der Waals surface area contributed by atoms with E-state index in [-0.39, 0.29) is 24.1 Å². The van der Waals surface area contributed by atoms with Gasteiger partial charge in [-0.15, -0.1) is 0 Å². The fourth-order valence-electron chi connectivity index (χ4n) is 3.95. The summed E-state index contributed by atoms with van der Waals surface area (Å²) < 4.78 is 1.64. The normalized spacial score (nSPS) is 18.5. The Morgan fingerprint density at radius 2 is 1.62 bits per heavy atom. The Labute approximate surface area is 170 Å². The molecule has 10 nitrogen and oxygen atoms in total. The maximum Gasteiger partial charge on any atom is 0.381 e. The number of nitro groups is 1. The molecule has 0 aromatic carbocycles. The summed E-state index contributed by atoms with van der Waals surface area (Å²) >= 11 is 0. The molecule has 0 atom stereocenters. The van der Waals surface area contributed by atoms with Crippen molar-refractivity contribution in [2.45, 2.75) is 45.6 Å². The maximum atomic E-state index is 12.5. The van der Waals surface area contributed by atoms with Crippen LogP contribution in [0.15, 0.2) is 6.20 Å². The molecule has 1 aromatic heterocycles. The number of hydrogen-bond acceptors (Lipinski definition) is 6. The van der Waals surface area contributed by atoms with Gasteiger partial charge in [-0.25, -0.2) is 0 Å². The van der Waals surface area contributed by atoms with Gasteiger partial charge in [-0.05, 0) is 22.7 Å². The number of imidazole rings is 1. The van der Waals surface area contributed by atoms with Crippen LogP contribution in [0, 0.1) is 17.0 Å². The Kier molecular flexibility index (Phi) is 7.18. The lowest BCUT2D eigenvalue weighted by atomic mass is 10.2. The van der Waals surface area contributed by atoms with Crippen LogP contribution in [0.3, 0.4) is 0 Å². The topological polar surface area (TPSA) is 105 Å². The number of rotatable bonds is 6. The van der Waals surface area contributed by atoms with Crippen LogP contribution in [0.1, 0.15) is 37.9 Å². The summed E-state index contributed by atoms with van der Waals surface area (Å²) in [6, 6.07) is 0. The van der Waals surface area contributed by atoms with E-state index in [0.29, 0.717) is 45.1 Å². The number of aromatic nitrogens is 2. The number of carbonyl (C=O) groups excluding carboxylic acids is 2. The van der Waals surface area contributed by atoms with Crippen molar-refractivity contribution in [1.29, 1.82) is 0 Å². The van der Waals surface area contributed by atoms with Crippen LogP contribution in [0.2, 0.25) is 0 Å². The van der Waals surface area contributed by atoms with Crippen LogP contribution in [-0.4, -0.2) is 86.8 Å². The van der Waals surface area contributed by atoms with E-state index in [4.69, 9.17) is 0 Å². The van der Waals surface area contributed by atoms with Gasteiger partial charge in [-0.3, -0.25) is 14.5 Å². The Morgan fingerprint density at radius 1 is 1.00 bits per heavy atom. The van der Waals surface area contributed by atoms with Gasteiger partial charge in [0.2, 0.25) is 17.6 Å². The first-order valence-electron chi connectivity index (χ1n) is 10.4. The van der Waals surface area contributed by atoms with E-state index in [1.54, 1.807) is 11.5 Å². The van der Waals surface area contributed by atoms with E-state index >= 15 is 0 Å². The average Bonchev–Trinajstić information content (AvgIpc) is 2.90. The quantitative estimate of drug-likeness (QED) is 0.516. The van der Waals surface area contributed by atoms with E-state index in [2.05, 4.69) is 9.88 Å². The molecule has 29 heavy (non-hydrogen) atoms. The predicted molar refractivity (Wildman–Crippen MR) is 106 cm³/mol. The zero-order chi connectivity index (χ0) is 20.8. The largest absolute Gasteiger partial charge is 0.381 e. The third kappa shape index (κ3) is 5.75. The summed E-state index contributed by atoms with van der Waals surface area (Å²) in [5.74, 6) is 0.557. The molecule has 0 radical (unpaired) electrons. The number of amides is 2. The second-order valence-electron chi connectivity index (χ2n) is 7.80. The third-order valence-electron chi connectivity index (χ3n) is 5.76. The minimum atomic E-state index is -0.530. The van der Waals surface area contributed by atoms with Crippen LogP contribution in [0.25, 0.3) is 0 Å². The molecule has 1 aromatic rings. The standard InChI is InChI=1S/C19H30N6O4/c1-16-20-17(25(28)29)14-24(16)9-6-18(26)23-12-10-21(11-13-23)15-19(27)22-7-4-2-3-5-8-22/h14H,2-13,15H2,1H3. The molecular formula is C19H30N6O4. The highest BCUT2D eigenvalue weighted by molar-refractivity contribution is 5.78. The molecule has 3 heterocycles. The zero-order valence-corrected chi connectivity index (χ0v) is 17.1. The first-order chi connectivity index (χ1) is 13.9. The van der Waals surface area contributed by atoms with E-state index in [1.165, 1.54) is 19.0 Å². The summed E-state index contributed by atoms with van der Waals surface area (Å²) in [5, 5.41) is 10.8. The molecule has 2 fully saturated rings. The van der Waals surface area contributed by atoms with E-state index in [9.17, 15) is 19.7 Å². The average molecular weight is 406 g/mol. The number of aryl methyl sites for hydroxylation is 2. The van der Waals surface area contributed by atoms with E-state index in [1.807, 2.05) is 9.80 Å². The number of nitrogens with zero attached hydrogens (tertiary/aromatic N) is 6. The van der Waals surface area contributed by atoms with Crippen molar-refractivity contribution in [1.82, 2.24) is 24.3 Å². The summed E-state index contributed by atoms with van der Waals surface area (Å²) in [5.41, 5.74) is 0. The summed E-state index contributed by atoms with van der Waals surface area (Å²) in [6.45, 7) is 6.83. The smallest absolute Gasteiger partial charge is 0.358 e. The lowest BCUT2D eigenvalue weighted by molar-refractivity contribution is -0.389. The van der Waals surface area contributed by atoms with Crippen LogP contribution >= 0.6 is 0 Å². The lowest BCUT2D eigenvalue weighted by Gasteiger charge is -2.35. The van der Waals surface area contributed by atoms with Crippen molar-refractivity contribution >= 4 is 17.6 Å². The lowest BCUT2D eigenvalue weighted by Crippen LogP contribution is -2.51. The SMILES string of the molecule is Cc1nc([N+](=O)[O-])cn1CCC(=O)N1CCN(CC(=O)N2CCCCCC2)CC1. The van der Waals surface area contributed by atoms with Crippen molar-refractivity contribution in [3.05, 3.63) is 22.1 Å². The molecule has 160 valence electrons. The van der Waals surface area contributed by atoms with Gasteiger partial charge in [0.15, 0.2) is 0 Å². The number of piperazine rings is 1. The van der Waals surface area contributed by atoms with Crippen molar-refractivity contribution in [2.24, 2.45) is 0 Å². The van der Waals surface area contributed by atoms with Crippen molar-refractivity contribution in [2.75, 3.05) is 45.8 Å². The van der Waals surface area contributed by atoms with Crippen molar-refractivity contribution < 1.29 is 14.5 Å². The molecule has 0 aliphatic carbocycles. The molecular weight excluding hydrogens is 376 g/mol. The van der Waals surface area contributed by atoms with Crippen LogP contribution in [0.5, 0.6) is 0 Å². The molecule has 2 amide bonds. The van der Waals surface area contributed by atoms with Crippen LogP contribution in [-0.2, 0) is 16.1 Å².